The van der Waals surface area contributed by atoms with Crippen LogP contribution in [0.2, 0.25) is 0 Å². The Morgan fingerprint density at radius 2 is 2.00 bits per heavy atom. The second-order valence-electron chi connectivity index (χ2n) is 6.56. The van der Waals surface area contributed by atoms with Crippen molar-refractivity contribution in [3.8, 4) is 16.3 Å². The van der Waals surface area contributed by atoms with Crippen LogP contribution in [-0.4, -0.2) is 41.9 Å². The highest BCUT2D eigenvalue weighted by Crippen LogP contribution is 2.32. The molecule has 156 valence electrons. The molecule has 0 atom stereocenters. The van der Waals surface area contributed by atoms with Gasteiger partial charge in [-0.05, 0) is 37.3 Å². The van der Waals surface area contributed by atoms with Crippen molar-refractivity contribution in [2.75, 3.05) is 25.5 Å². The van der Waals surface area contributed by atoms with E-state index in [0.717, 1.165) is 16.3 Å². The Balaban J connectivity index is 1.59. The van der Waals surface area contributed by atoms with Crippen LogP contribution in [0, 0.1) is 5.82 Å². The van der Waals surface area contributed by atoms with Crippen LogP contribution in [0.3, 0.4) is 0 Å². The van der Waals surface area contributed by atoms with E-state index in [1.54, 1.807) is 13.1 Å². The number of nitrogens with one attached hydrogen (secondary N) is 1. The molecular formula is C22H22FN3O3S. The topological polar surface area (TPSA) is 71.5 Å². The molecule has 0 bridgehead atoms. The minimum atomic E-state index is -0.442. The van der Waals surface area contributed by atoms with Gasteiger partial charge in [0, 0.05) is 18.1 Å². The molecule has 0 saturated carbocycles. The average Bonchev–Trinajstić information content (AvgIpc) is 3.16. The van der Waals surface area contributed by atoms with Gasteiger partial charge in [-0.3, -0.25) is 9.59 Å². The highest BCUT2D eigenvalue weighted by atomic mass is 32.1. The number of nitrogens with zero attached hydrogens (tertiary/aromatic N) is 2. The Morgan fingerprint density at radius 3 is 2.77 bits per heavy atom. The van der Waals surface area contributed by atoms with Crippen molar-refractivity contribution >= 4 is 28.8 Å². The van der Waals surface area contributed by atoms with E-state index in [9.17, 15) is 14.0 Å². The largest absolute Gasteiger partial charge is 0.493 e. The quantitative estimate of drug-likeness (QED) is 0.590. The first-order chi connectivity index (χ1) is 14.5. The normalized spacial score (nSPS) is 10.5. The first-order valence-corrected chi connectivity index (χ1v) is 10.3. The summed E-state index contributed by atoms with van der Waals surface area (Å²) in [6, 6.07) is 13.2. The maximum atomic E-state index is 13.2. The Bertz CT molecular complexity index is 1040. The van der Waals surface area contributed by atoms with Crippen LogP contribution in [0.25, 0.3) is 10.6 Å². The summed E-state index contributed by atoms with van der Waals surface area (Å²) < 4.78 is 18.9. The molecule has 2 amide bonds. The summed E-state index contributed by atoms with van der Waals surface area (Å²) in [5.41, 5.74) is 1.85. The molecule has 1 heterocycles. The minimum Gasteiger partial charge on any atom is -0.493 e. The van der Waals surface area contributed by atoms with E-state index in [2.05, 4.69) is 10.3 Å². The summed E-state index contributed by atoms with van der Waals surface area (Å²) in [5.74, 6) is -0.332. The Hall–Kier alpha value is -3.26. The van der Waals surface area contributed by atoms with Gasteiger partial charge in [-0.25, -0.2) is 9.37 Å². The van der Waals surface area contributed by atoms with Crippen LogP contribution in [0.15, 0.2) is 53.9 Å². The molecule has 2 aromatic carbocycles. The zero-order valence-electron chi connectivity index (χ0n) is 16.7. The number of amides is 2. The zero-order valence-corrected chi connectivity index (χ0v) is 17.5. The van der Waals surface area contributed by atoms with E-state index in [4.69, 9.17) is 4.74 Å². The first kappa shape index (κ1) is 21.4. The third kappa shape index (κ3) is 5.64. The summed E-state index contributed by atoms with van der Waals surface area (Å²) in [6.45, 7) is 2.33. The maximum absolute atomic E-state index is 13.2. The Labute approximate surface area is 178 Å². The van der Waals surface area contributed by atoms with Gasteiger partial charge in [0.1, 0.15) is 16.6 Å². The number of carbonyl (C=O) groups is 2. The molecule has 3 aromatic rings. The molecule has 0 saturated heterocycles. The standard InChI is InChI=1S/C22H22FN3O3S/c1-3-29-19-10-5-4-9-18(19)22-25-17(14-30-22)12-21(28)26(2)13-20(27)24-16-8-6-7-15(23)11-16/h4-11,14H,3,12-13H2,1-2H3,(H,24,27). The minimum absolute atomic E-state index is 0.0804. The number of carbonyl (C=O) groups excluding carboxylic acids is 2. The highest BCUT2D eigenvalue weighted by Gasteiger charge is 2.17. The lowest BCUT2D eigenvalue weighted by Gasteiger charge is -2.16. The fourth-order valence-corrected chi connectivity index (χ4v) is 3.65. The summed E-state index contributed by atoms with van der Waals surface area (Å²) in [7, 11) is 1.55. The summed E-state index contributed by atoms with van der Waals surface area (Å²) in [4.78, 5) is 30.5. The number of para-hydroxylation sites is 1. The third-order valence-corrected chi connectivity index (χ3v) is 5.14. The molecule has 0 spiro atoms. The molecule has 0 aliphatic rings. The third-order valence-electron chi connectivity index (χ3n) is 4.22. The summed E-state index contributed by atoms with van der Waals surface area (Å²) in [5, 5.41) is 5.18. The van der Waals surface area contributed by atoms with Crippen LogP contribution in [0.4, 0.5) is 10.1 Å². The van der Waals surface area contributed by atoms with Gasteiger partial charge in [-0.2, -0.15) is 0 Å². The van der Waals surface area contributed by atoms with Crippen molar-refractivity contribution in [2.24, 2.45) is 0 Å². The average molecular weight is 428 g/mol. The van der Waals surface area contributed by atoms with E-state index < -0.39 is 11.7 Å². The lowest BCUT2D eigenvalue weighted by molar-refractivity contribution is -0.132. The highest BCUT2D eigenvalue weighted by molar-refractivity contribution is 7.13. The second-order valence-corrected chi connectivity index (χ2v) is 7.42. The van der Waals surface area contributed by atoms with Crippen LogP contribution < -0.4 is 10.1 Å². The molecule has 30 heavy (non-hydrogen) atoms. The van der Waals surface area contributed by atoms with E-state index >= 15 is 0 Å². The lowest BCUT2D eigenvalue weighted by Crippen LogP contribution is -2.35. The van der Waals surface area contributed by atoms with E-state index in [1.165, 1.54) is 34.4 Å². The number of hydrogen-bond acceptors (Lipinski definition) is 5. The van der Waals surface area contributed by atoms with Gasteiger partial charge >= 0.3 is 0 Å². The van der Waals surface area contributed by atoms with E-state index in [1.807, 2.05) is 36.6 Å². The molecule has 0 fully saturated rings. The second kappa shape index (κ2) is 9.98. The molecular weight excluding hydrogens is 405 g/mol. The zero-order chi connectivity index (χ0) is 21.5. The smallest absolute Gasteiger partial charge is 0.243 e. The van der Waals surface area contributed by atoms with Crippen LogP contribution in [0.1, 0.15) is 12.6 Å². The molecule has 1 aromatic heterocycles. The monoisotopic (exact) mass is 427 g/mol. The fraction of sp³-hybridized carbons (Fsp3) is 0.227. The van der Waals surface area contributed by atoms with Crippen molar-refractivity contribution in [1.82, 2.24) is 9.88 Å². The molecule has 1 N–H and O–H groups in total. The van der Waals surface area contributed by atoms with Crippen molar-refractivity contribution in [1.29, 1.82) is 0 Å². The maximum Gasteiger partial charge on any atom is 0.243 e. The van der Waals surface area contributed by atoms with Gasteiger partial charge in [0.25, 0.3) is 0 Å². The Morgan fingerprint density at radius 1 is 1.20 bits per heavy atom. The van der Waals surface area contributed by atoms with Crippen molar-refractivity contribution in [2.45, 2.75) is 13.3 Å². The summed E-state index contributed by atoms with van der Waals surface area (Å²) >= 11 is 1.44. The van der Waals surface area contributed by atoms with Gasteiger partial charge in [-0.1, -0.05) is 18.2 Å². The number of benzene rings is 2. The van der Waals surface area contributed by atoms with Gasteiger partial charge in [0.05, 0.1) is 30.8 Å². The lowest BCUT2D eigenvalue weighted by atomic mass is 10.2. The van der Waals surface area contributed by atoms with Gasteiger partial charge in [0.2, 0.25) is 11.8 Å². The number of ether oxygens (including phenoxy) is 1. The number of thiazole rings is 1. The SMILES string of the molecule is CCOc1ccccc1-c1nc(CC(=O)N(C)CC(=O)Nc2cccc(F)c2)cs1. The van der Waals surface area contributed by atoms with Gasteiger partial charge in [-0.15, -0.1) is 11.3 Å². The molecule has 6 nitrogen and oxygen atoms in total. The van der Waals surface area contributed by atoms with E-state index in [-0.39, 0.29) is 18.9 Å². The van der Waals surface area contributed by atoms with E-state index in [0.29, 0.717) is 18.0 Å². The summed E-state index contributed by atoms with van der Waals surface area (Å²) in [6.07, 6.45) is 0.0804. The Kier molecular flexibility index (Phi) is 7.13. The number of rotatable bonds is 8. The van der Waals surface area contributed by atoms with Gasteiger partial charge in [0.15, 0.2) is 0 Å². The van der Waals surface area contributed by atoms with Crippen molar-refractivity contribution < 1.29 is 18.7 Å². The van der Waals surface area contributed by atoms with Crippen LogP contribution in [-0.2, 0) is 16.0 Å². The number of halogens is 1. The van der Waals surface area contributed by atoms with Crippen LogP contribution in [0.5, 0.6) is 5.75 Å². The van der Waals surface area contributed by atoms with Crippen LogP contribution >= 0.6 is 11.3 Å². The first-order valence-electron chi connectivity index (χ1n) is 9.42. The molecule has 0 unspecified atom stereocenters. The fourth-order valence-electron chi connectivity index (χ4n) is 2.80. The predicted molar refractivity (Wildman–Crippen MR) is 115 cm³/mol. The molecule has 3 rings (SSSR count). The molecule has 0 radical (unpaired) electrons. The van der Waals surface area contributed by atoms with Crippen molar-refractivity contribution in [3.05, 3.63) is 65.4 Å². The number of hydrogen-bond donors (Lipinski definition) is 1. The molecule has 8 heteroatoms. The molecule has 0 aliphatic carbocycles. The van der Waals surface area contributed by atoms with Crippen molar-refractivity contribution in [3.63, 3.8) is 0 Å². The molecule has 0 aliphatic heterocycles. The predicted octanol–water partition coefficient (Wildman–Crippen LogP) is 3.99. The number of anilines is 1. The van der Waals surface area contributed by atoms with Gasteiger partial charge < -0.3 is 15.0 Å². The number of aromatic nitrogens is 1. The number of likely N-dealkylation sites (N-methyl/N-ethyl adjacent to an activating group) is 1.